The SMILES string of the molecule is CN(Cc1nc2ccc(Cl)cc2[nH]1)C(=O)COCC(F)(F)C(F)F. The number of halogens is 5. The highest BCUT2D eigenvalue weighted by Crippen LogP contribution is 2.22. The largest absolute Gasteiger partial charge is 0.365 e. The molecule has 5 nitrogen and oxygen atoms in total. The average molecular weight is 368 g/mol. The lowest BCUT2D eigenvalue weighted by Gasteiger charge is -2.18. The summed E-state index contributed by atoms with van der Waals surface area (Å²) in [4.78, 5) is 20.2. The molecule has 132 valence electrons. The molecule has 0 aliphatic heterocycles. The van der Waals surface area contributed by atoms with Gasteiger partial charge in [0.25, 0.3) is 0 Å². The summed E-state index contributed by atoms with van der Waals surface area (Å²) in [5.74, 6) is -4.46. The van der Waals surface area contributed by atoms with E-state index < -0.39 is 31.5 Å². The molecule has 0 aliphatic rings. The van der Waals surface area contributed by atoms with Crippen LogP contribution in [0, 0.1) is 0 Å². The van der Waals surface area contributed by atoms with Gasteiger partial charge in [0, 0.05) is 12.1 Å². The molecular weight excluding hydrogens is 354 g/mol. The van der Waals surface area contributed by atoms with Crippen molar-refractivity contribution in [2.45, 2.75) is 18.9 Å². The van der Waals surface area contributed by atoms with Gasteiger partial charge in [-0.2, -0.15) is 8.78 Å². The van der Waals surface area contributed by atoms with E-state index in [9.17, 15) is 22.4 Å². The van der Waals surface area contributed by atoms with Crippen molar-refractivity contribution in [3.05, 3.63) is 29.0 Å². The maximum atomic E-state index is 12.7. The van der Waals surface area contributed by atoms with Gasteiger partial charge in [-0.3, -0.25) is 4.79 Å². The number of hydrogen-bond acceptors (Lipinski definition) is 3. The minimum Gasteiger partial charge on any atom is -0.365 e. The Morgan fingerprint density at radius 1 is 1.46 bits per heavy atom. The van der Waals surface area contributed by atoms with Gasteiger partial charge in [0.2, 0.25) is 5.91 Å². The third-order valence-electron chi connectivity index (χ3n) is 3.14. The Kier molecular flexibility index (Phi) is 5.66. The van der Waals surface area contributed by atoms with E-state index in [1.165, 1.54) is 11.9 Å². The fourth-order valence-corrected chi connectivity index (χ4v) is 2.04. The van der Waals surface area contributed by atoms with Crippen LogP contribution in [0.4, 0.5) is 17.6 Å². The number of benzene rings is 1. The van der Waals surface area contributed by atoms with Gasteiger partial charge in [0.05, 0.1) is 17.6 Å². The molecule has 1 aromatic carbocycles. The lowest BCUT2D eigenvalue weighted by atomic mass is 10.3. The molecule has 0 radical (unpaired) electrons. The number of fused-ring (bicyclic) bond motifs is 1. The van der Waals surface area contributed by atoms with Crippen molar-refractivity contribution in [2.24, 2.45) is 0 Å². The molecule has 24 heavy (non-hydrogen) atoms. The Bertz CT molecular complexity index is 723. The first-order valence-corrected chi connectivity index (χ1v) is 7.18. The summed E-state index contributed by atoms with van der Waals surface area (Å²) in [6, 6.07) is 5.04. The number of amides is 1. The maximum Gasteiger partial charge on any atom is 0.330 e. The minimum absolute atomic E-state index is 0.0692. The number of rotatable bonds is 7. The van der Waals surface area contributed by atoms with E-state index in [0.29, 0.717) is 21.9 Å². The van der Waals surface area contributed by atoms with Gasteiger partial charge in [-0.15, -0.1) is 0 Å². The number of ether oxygens (including phenoxy) is 1. The van der Waals surface area contributed by atoms with E-state index >= 15 is 0 Å². The van der Waals surface area contributed by atoms with Gasteiger partial charge < -0.3 is 14.6 Å². The number of alkyl halides is 4. The second-order valence-electron chi connectivity index (χ2n) is 5.15. The Morgan fingerprint density at radius 3 is 2.83 bits per heavy atom. The molecule has 2 rings (SSSR count). The van der Waals surface area contributed by atoms with Crippen LogP contribution in [0.5, 0.6) is 0 Å². The van der Waals surface area contributed by atoms with Gasteiger partial charge >= 0.3 is 12.3 Å². The van der Waals surface area contributed by atoms with Crippen molar-refractivity contribution in [1.82, 2.24) is 14.9 Å². The molecule has 0 fully saturated rings. The van der Waals surface area contributed by atoms with E-state index in [1.807, 2.05) is 0 Å². The summed E-state index contributed by atoms with van der Waals surface area (Å²) in [5, 5.41) is 0.524. The Morgan fingerprint density at radius 2 is 2.17 bits per heavy atom. The van der Waals surface area contributed by atoms with Crippen LogP contribution in [0.25, 0.3) is 11.0 Å². The third-order valence-corrected chi connectivity index (χ3v) is 3.38. The summed E-state index contributed by atoms with van der Waals surface area (Å²) >= 11 is 5.86. The van der Waals surface area contributed by atoms with Gasteiger partial charge in [-0.05, 0) is 18.2 Å². The molecule has 1 amide bonds. The molecule has 0 bridgehead atoms. The molecule has 0 atom stereocenters. The van der Waals surface area contributed by atoms with Crippen LogP contribution in [0.1, 0.15) is 5.82 Å². The highest BCUT2D eigenvalue weighted by molar-refractivity contribution is 6.31. The van der Waals surface area contributed by atoms with Gasteiger partial charge in [-0.25, -0.2) is 13.8 Å². The van der Waals surface area contributed by atoms with Gasteiger partial charge in [0.15, 0.2) is 0 Å². The van der Waals surface area contributed by atoms with E-state index in [-0.39, 0.29) is 6.54 Å². The van der Waals surface area contributed by atoms with Gasteiger partial charge in [0.1, 0.15) is 19.0 Å². The molecule has 0 aliphatic carbocycles. The number of aromatic nitrogens is 2. The van der Waals surface area contributed by atoms with Crippen LogP contribution in [-0.4, -0.2) is 53.4 Å². The molecule has 0 saturated carbocycles. The van der Waals surface area contributed by atoms with Crippen LogP contribution >= 0.6 is 11.6 Å². The summed E-state index contributed by atoms with van der Waals surface area (Å²) in [6.07, 6.45) is -3.84. The number of hydrogen-bond donors (Lipinski definition) is 1. The van der Waals surface area contributed by atoms with Crippen molar-refractivity contribution in [3.63, 3.8) is 0 Å². The van der Waals surface area contributed by atoms with E-state index in [1.54, 1.807) is 18.2 Å². The normalized spacial score (nSPS) is 12.1. The topological polar surface area (TPSA) is 58.2 Å². The predicted molar refractivity (Wildman–Crippen MR) is 79.3 cm³/mol. The zero-order valence-electron chi connectivity index (χ0n) is 12.5. The fraction of sp³-hybridized carbons (Fsp3) is 0.429. The second kappa shape index (κ2) is 7.35. The number of imidazole rings is 1. The monoisotopic (exact) mass is 367 g/mol. The summed E-state index contributed by atoms with van der Waals surface area (Å²) in [6.45, 7) is -2.18. The number of carbonyl (C=O) groups is 1. The first-order chi connectivity index (χ1) is 11.2. The number of nitrogens with zero attached hydrogens (tertiary/aromatic N) is 2. The molecular formula is C14H14ClF4N3O2. The van der Waals surface area contributed by atoms with E-state index in [4.69, 9.17) is 11.6 Å². The Balaban J connectivity index is 1.88. The molecule has 1 N–H and O–H groups in total. The van der Waals surface area contributed by atoms with Gasteiger partial charge in [-0.1, -0.05) is 11.6 Å². The zero-order valence-corrected chi connectivity index (χ0v) is 13.3. The van der Waals surface area contributed by atoms with Crippen molar-refractivity contribution in [1.29, 1.82) is 0 Å². The predicted octanol–water partition coefficient (Wildman–Crippen LogP) is 3.09. The van der Waals surface area contributed by atoms with Crippen molar-refractivity contribution < 1.29 is 27.1 Å². The van der Waals surface area contributed by atoms with Crippen molar-refractivity contribution in [2.75, 3.05) is 20.3 Å². The van der Waals surface area contributed by atoms with Crippen molar-refractivity contribution in [3.8, 4) is 0 Å². The summed E-state index contributed by atoms with van der Waals surface area (Å²) in [7, 11) is 1.41. The molecule has 0 spiro atoms. The van der Waals surface area contributed by atoms with Crippen LogP contribution in [0.3, 0.4) is 0 Å². The first-order valence-electron chi connectivity index (χ1n) is 6.81. The van der Waals surface area contributed by atoms with Crippen LogP contribution in [-0.2, 0) is 16.1 Å². The van der Waals surface area contributed by atoms with Crippen LogP contribution < -0.4 is 0 Å². The summed E-state index contributed by atoms with van der Waals surface area (Å²) < 4.78 is 53.7. The van der Waals surface area contributed by atoms with Crippen molar-refractivity contribution >= 4 is 28.5 Å². The minimum atomic E-state index is -4.28. The summed E-state index contributed by atoms with van der Waals surface area (Å²) in [5.41, 5.74) is 1.34. The van der Waals surface area contributed by atoms with Crippen LogP contribution in [0.15, 0.2) is 18.2 Å². The molecule has 0 unspecified atom stereocenters. The highest BCUT2D eigenvalue weighted by atomic mass is 35.5. The number of aromatic amines is 1. The smallest absolute Gasteiger partial charge is 0.330 e. The number of H-pyrrole nitrogens is 1. The quantitative estimate of drug-likeness (QED) is 0.765. The van der Waals surface area contributed by atoms with E-state index in [2.05, 4.69) is 14.7 Å². The number of nitrogens with one attached hydrogen (secondary N) is 1. The molecule has 0 saturated heterocycles. The molecule has 1 heterocycles. The maximum absolute atomic E-state index is 12.7. The molecule has 10 heteroatoms. The Hall–Kier alpha value is -1.87. The number of carbonyl (C=O) groups excluding carboxylic acids is 1. The third kappa shape index (κ3) is 4.57. The standard InChI is InChI=1S/C14H14ClF4N3O2/c1-22(12(23)6-24-7-14(18,19)13(16)17)5-11-20-9-3-2-8(15)4-10(9)21-11/h2-4,13H,5-7H2,1H3,(H,20,21). The average Bonchev–Trinajstić information content (AvgIpc) is 2.87. The van der Waals surface area contributed by atoms with Crippen LogP contribution in [0.2, 0.25) is 5.02 Å². The van der Waals surface area contributed by atoms with E-state index in [0.717, 1.165) is 0 Å². The Labute approximate surface area is 139 Å². The fourth-order valence-electron chi connectivity index (χ4n) is 1.87. The second-order valence-corrected chi connectivity index (χ2v) is 5.59. The molecule has 1 aromatic heterocycles. The lowest BCUT2D eigenvalue weighted by Crippen LogP contribution is -2.36. The highest BCUT2D eigenvalue weighted by Gasteiger charge is 2.41. The first kappa shape index (κ1) is 18.5. The zero-order chi connectivity index (χ0) is 17.9. The molecule has 2 aromatic rings. The lowest BCUT2D eigenvalue weighted by molar-refractivity contribution is -0.170. The number of likely N-dealkylation sites (N-methyl/N-ethyl adjacent to an activating group) is 1.